The summed E-state index contributed by atoms with van der Waals surface area (Å²) < 4.78 is 5.17. The van der Waals surface area contributed by atoms with E-state index in [1.165, 1.54) is 30.3 Å². The third kappa shape index (κ3) is 4.48. The van der Waals surface area contributed by atoms with Gasteiger partial charge >= 0.3 is 11.4 Å². The van der Waals surface area contributed by atoms with Crippen LogP contribution in [0.2, 0.25) is 0 Å². The number of carbonyl (C=O) groups excluding carboxylic acids is 1. The van der Waals surface area contributed by atoms with Crippen molar-refractivity contribution in [1.82, 2.24) is 0 Å². The lowest BCUT2D eigenvalue weighted by Crippen LogP contribution is -2.12. The molecule has 0 fully saturated rings. The number of ether oxygens (including phenoxy) is 1. The van der Waals surface area contributed by atoms with E-state index < -0.39 is 27.1 Å². The van der Waals surface area contributed by atoms with Crippen LogP contribution in [0.4, 0.5) is 17.1 Å². The SMILES string of the molecule is O=C(Nc1ccc([N+](=O)[O-])c([N+](=O)[O-])c1)c1ccc(OCCO)cc1. The van der Waals surface area contributed by atoms with E-state index in [0.717, 1.165) is 12.1 Å². The van der Waals surface area contributed by atoms with E-state index in [1.807, 2.05) is 0 Å². The van der Waals surface area contributed by atoms with E-state index in [4.69, 9.17) is 9.84 Å². The van der Waals surface area contributed by atoms with E-state index in [9.17, 15) is 25.0 Å². The van der Waals surface area contributed by atoms with E-state index in [0.29, 0.717) is 5.75 Å². The Labute approximate surface area is 141 Å². The Bertz CT molecular complexity index is 805. The number of carbonyl (C=O) groups is 1. The predicted molar refractivity (Wildman–Crippen MR) is 86.7 cm³/mol. The molecule has 0 heterocycles. The Hall–Kier alpha value is -3.53. The summed E-state index contributed by atoms with van der Waals surface area (Å²) in [5, 5.41) is 32.8. The van der Waals surface area contributed by atoms with Crippen molar-refractivity contribution < 1.29 is 24.5 Å². The summed E-state index contributed by atoms with van der Waals surface area (Å²) in [6.07, 6.45) is 0. The monoisotopic (exact) mass is 347 g/mol. The number of benzene rings is 2. The molecule has 0 bridgehead atoms. The normalized spacial score (nSPS) is 10.1. The van der Waals surface area contributed by atoms with E-state index in [2.05, 4.69) is 5.32 Å². The zero-order valence-corrected chi connectivity index (χ0v) is 12.7. The molecule has 2 N–H and O–H groups in total. The molecule has 0 spiro atoms. The number of nitrogens with one attached hydrogen (secondary N) is 1. The molecule has 0 saturated carbocycles. The van der Waals surface area contributed by atoms with Gasteiger partial charge in [0.25, 0.3) is 5.91 Å². The van der Waals surface area contributed by atoms with Crippen molar-refractivity contribution in [3.8, 4) is 5.75 Å². The van der Waals surface area contributed by atoms with Crippen LogP contribution >= 0.6 is 0 Å². The van der Waals surface area contributed by atoms with Crippen LogP contribution in [0, 0.1) is 20.2 Å². The van der Waals surface area contributed by atoms with E-state index in [-0.39, 0.29) is 24.5 Å². The zero-order chi connectivity index (χ0) is 18.4. The molecule has 0 aliphatic carbocycles. The number of hydrogen-bond donors (Lipinski definition) is 2. The van der Waals surface area contributed by atoms with Gasteiger partial charge in [0.05, 0.1) is 16.5 Å². The van der Waals surface area contributed by atoms with Crippen LogP contribution in [0.3, 0.4) is 0 Å². The molecule has 25 heavy (non-hydrogen) atoms. The third-order valence-corrected chi connectivity index (χ3v) is 3.10. The van der Waals surface area contributed by atoms with Crippen LogP contribution in [0.15, 0.2) is 42.5 Å². The third-order valence-electron chi connectivity index (χ3n) is 3.10. The Morgan fingerprint density at radius 1 is 1.04 bits per heavy atom. The molecule has 0 aliphatic heterocycles. The minimum atomic E-state index is -0.888. The summed E-state index contributed by atoms with van der Waals surface area (Å²) in [6, 6.07) is 9.10. The highest BCUT2D eigenvalue weighted by Gasteiger charge is 2.24. The number of nitro groups is 2. The van der Waals surface area contributed by atoms with Crippen molar-refractivity contribution in [2.75, 3.05) is 18.5 Å². The lowest BCUT2D eigenvalue weighted by atomic mass is 10.2. The first-order chi connectivity index (χ1) is 11.9. The number of amides is 1. The van der Waals surface area contributed by atoms with Gasteiger partial charge in [-0.1, -0.05) is 0 Å². The number of anilines is 1. The fourth-order valence-corrected chi connectivity index (χ4v) is 1.97. The lowest BCUT2D eigenvalue weighted by Gasteiger charge is -2.07. The van der Waals surface area contributed by atoms with Crippen molar-refractivity contribution in [3.05, 3.63) is 68.3 Å². The fraction of sp³-hybridized carbons (Fsp3) is 0.133. The van der Waals surface area contributed by atoms with Crippen LogP contribution in [0.5, 0.6) is 5.75 Å². The molecule has 130 valence electrons. The molecule has 0 radical (unpaired) electrons. The topological polar surface area (TPSA) is 145 Å². The maximum absolute atomic E-state index is 12.1. The van der Waals surface area contributed by atoms with Crippen molar-refractivity contribution in [1.29, 1.82) is 0 Å². The number of rotatable bonds is 7. The first-order valence-corrected chi connectivity index (χ1v) is 7.00. The van der Waals surface area contributed by atoms with Gasteiger partial charge in [0, 0.05) is 23.4 Å². The quantitative estimate of drug-likeness (QED) is 0.576. The van der Waals surface area contributed by atoms with Crippen molar-refractivity contribution in [2.45, 2.75) is 0 Å². The van der Waals surface area contributed by atoms with Gasteiger partial charge in [-0.25, -0.2) is 0 Å². The second-order valence-electron chi connectivity index (χ2n) is 4.77. The van der Waals surface area contributed by atoms with E-state index in [1.54, 1.807) is 0 Å². The highest BCUT2D eigenvalue weighted by atomic mass is 16.6. The Balaban J connectivity index is 2.16. The average Bonchev–Trinajstić information content (AvgIpc) is 2.60. The minimum Gasteiger partial charge on any atom is -0.491 e. The second kappa shape index (κ2) is 7.84. The number of nitro benzene ring substituents is 2. The average molecular weight is 347 g/mol. The first kappa shape index (κ1) is 17.8. The zero-order valence-electron chi connectivity index (χ0n) is 12.7. The summed E-state index contributed by atoms with van der Waals surface area (Å²) >= 11 is 0. The smallest absolute Gasteiger partial charge is 0.348 e. The molecular formula is C15H13N3O7. The molecule has 10 nitrogen and oxygen atoms in total. The first-order valence-electron chi connectivity index (χ1n) is 7.00. The summed E-state index contributed by atoms with van der Waals surface area (Å²) in [5.41, 5.74) is -1.05. The van der Waals surface area contributed by atoms with Gasteiger partial charge in [-0.05, 0) is 30.3 Å². The van der Waals surface area contributed by atoms with Gasteiger partial charge in [0.15, 0.2) is 0 Å². The van der Waals surface area contributed by atoms with Gasteiger partial charge in [0.2, 0.25) is 0 Å². The van der Waals surface area contributed by atoms with Gasteiger partial charge in [0.1, 0.15) is 12.4 Å². The summed E-state index contributed by atoms with van der Waals surface area (Å²) in [6.45, 7) is -0.0147. The van der Waals surface area contributed by atoms with Crippen molar-refractivity contribution in [2.24, 2.45) is 0 Å². The summed E-state index contributed by atoms with van der Waals surface area (Å²) in [5.74, 6) is -0.0755. The van der Waals surface area contributed by atoms with E-state index >= 15 is 0 Å². The standard InChI is InChI=1S/C15H13N3O7/c19-7-8-25-12-4-1-10(2-5-12)15(20)16-11-3-6-13(17(21)22)14(9-11)18(23)24/h1-6,9,19H,7-8H2,(H,16,20). The second-order valence-corrected chi connectivity index (χ2v) is 4.77. The fourth-order valence-electron chi connectivity index (χ4n) is 1.97. The Morgan fingerprint density at radius 2 is 1.68 bits per heavy atom. The lowest BCUT2D eigenvalue weighted by molar-refractivity contribution is -0.422. The molecular weight excluding hydrogens is 334 g/mol. The molecule has 2 aromatic rings. The molecule has 1 amide bonds. The van der Waals surface area contributed by atoms with Gasteiger partial charge in [-0.3, -0.25) is 25.0 Å². The maximum atomic E-state index is 12.1. The minimum absolute atomic E-state index is 0.0582. The highest BCUT2D eigenvalue weighted by molar-refractivity contribution is 6.04. The highest BCUT2D eigenvalue weighted by Crippen LogP contribution is 2.29. The molecule has 2 aromatic carbocycles. The number of aliphatic hydroxyl groups is 1. The van der Waals surface area contributed by atoms with Crippen LogP contribution in [-0.2, 0) is 0 Å². The van der Waals surface area contributed by atoms with Crippen LogP contribution < -0.4 is 10.1 Å². The van der Waals surface area contributed by atoms with Crippen LogP contribution in [-0.4, -0.2) is 34.1 Å². The summed E-state index contributed by atoms with van der Waals surface area (Å²) in [7, 11) is 0. The Kier molecular flexibility index (Phi) is 5.58. The van der Waals surface area contributed by atoms with Gasteiger partial charge in [-0.2, -0.15) is 0 Å². The molecule has 0 unspecified atom stereocenters. The Morgan fingerprint density at radius 3 is 2.24 bits per heavy atom. The van der Waals surface area contributed by atoms with Gasteiger partial charge in [-0.15, -0.1) is 0 Å². The maximum Gasteiger partial charge on any atom is 0.348 e. The molecule has 10 heteroatoms. The largest absolute Gasteiger partial charge is 0.491 e. The van der Waals surface area contributed by atoms with Crippen LogP contribution in [0.25, 0.3) is 0 Å². The molecule has 0 aliphatic rings. The van der Waals surface area contributed by atoms with Crippen molar-refractivity contribution >= 4 is 23.0 Å². The molecule has 0 aromatic heterocycles. The molecule has 0 atom stereocenters. The number of hydrogen-bond acceptors (Lipinski definition) is 7. The number of aliphatic hydroxyl groups excluding tert-OH is 1. The molecule has 0 saturated heterocycles. The van der Waals surface area contributed by atoms with Crippen molar-refractivity contribution in [3.63, 3.8) is 0 Å². The van der Waals surface area contributed by atoms with Crippen LogP contribution in [0.1, 0.15) is 10.4 Å². The van der Waals surface area contributed by atoms with Gasteiger partial charge < -0.3 is 15.2 Å². The number of nitrogens with zero attached hydrogens (tertiary/aromatic N) is 2. The molecule has 2 rings (SSSR count). The predicted octanol–water partition coefficient (Wildman–Crippen LogP) is 2.13. The summed E-state index contributed by atoms with van der Waals surface area (Å²) in [4.78, 5) is 32.1.